The minimum atomic E-state index is 0.812. The van der Waals surface area contributed by atoms with Gasteiger partial charge in [-0.2, -0.15) is 16.9 Å². The van der Waals surface area contributed by atoms with Gasteiger partial charge < -0.3 is 5.73 Å². The zero-order valence-electron chi connectivity index (χ0n) is 9.21. The summed E-state index contributed by atoms with van der Waals surface area (Å²) in [6, 6.07) is 0. The van der Waals surface area contributed by atoms with Crippen molar-refractivity contribution in [2.45, 2.75) is 32.4 Å². The van der Waals surface area contributed by atoms with Crippen molar-refractivity contribution in [1.29, 1.82) is 0 Å². The van der Waals surface area contributed by atoms with E-state index < -0.39 is 0 Å². The van der Waals surface area contributed by atoms with Crippen molar-refractivity contribution < 1.29 is 0 Å². The molecule has 0 spiro atoms. The Morgan fingerprint density at radius 3 is 2.71 bits per heavy atom. The average Bonchev–Trinajstić information content (AvgIpc) is 2.38. The normalized spacial score (nSPS) is 10.8. The number of aromatic nitrogens is 2. The van der Waals surface area contributed by atoms with Crippen molar-refractivity contribution in [3.05, 3.63) is 11.3 Å². The van der Waals surface area contributed by atoms with E-state index in [0.29, 0.717) is 0 Å². The third-order valence-corrected chi connectivity index (χ3v) is 3.35. The maximum Gasteiger partial charge on any atom is 0.125 e. The second-order valence-corrected chi connectivity index (χ2v) is 4.58. The summed E-state index contributed by atoms with van der Waals surface area (Å²) >= 11 is 1.94. The molecule has 0 aliphatic rings. The zero-order valence-corrected chi connectivity index (χ0v) is 10.0. The lowest BCUT2D eigenvalue weighted by Crippen LogP contribution is -1.99. The molecule has 2 N–H and O–H groups in total. The van der Waals surface area contributed by atoms with E-state index in [1.807, 2.05) is 25.7 Å². The Balaban J connectivity index is 2.49. The molecule has 0 bridgehead atoms. The highest BCUT2D eigenvalue weighted by atomic mass is 32.2. The molecule has 4 heteroatoms. The molecular formula is C10H19N3S. The summed E-state index contributed by atoms with van der Waals surface area (Å²) < 4.78 is 1.76. The Morgan fingerprint density at radius 1 is 1.50 bits per heavy atom. The summed E-state index contributed by atoms with van der Waals surface area (Å²) in [7, 11) is 1.89. The lowest BCUT2D eigenvalue weighted by Gasteiger charge is -2.01. The first-order valence-electron chi connectivity index (χ1n) is 5.02. The summed E-state index contributed by atoms with van der Waals surface area (Å²) in [5, 5.41) is 4.29. The molecule has 14 heavy (non-hydrogen) atoms. The van der Waals surface area contributed by atoms with E-state index in [2.05, 4.69) is 12.0 Å². The van der Waals surface area contributed by atoms with Crippen LogP contribution in [-0.2, 0) is 12.8 Å². The van der Waals surface area contributed by atoms with Gasteiger partial charge in [-0.1, -0.05) is 13.3 Å². The molecule has 3 nitrogen and oxygen atoms in total. The van der Waals surface area contributed by atoms with Crippen LogP contribution in [0.4, 0.5) is 5.82 Å². The van der Waals surface area contributed by atoms with Crippen LogP contribution in [-0.4, -0.2) is 15.5 Å². The number of thioether (sulfide) groups is 1. The van der Waals surface area contributed by atoms with Crippen LogP contribution in [0.3, 0.4) is 0 Å². The first-order valence-corrected chi connectivity index (χ1v) is 6.18. The minimum Gasteiger partial charge on any atom is -0.384 e. The van der Waals surface area contributed by atoms with Gasteiger partial charge in [-0.25, -0.2) is 0 Å². The van der Waals surface area contributed by atoms with Gasteiger partial charge in [0, 0.05) is 18.4 Å². The van der Waals surface area contributed by atoms with Crippen molar-refractivity contribution >= 4 is 17.6 Å². The first kappa shape index (κ1) is 11.4. The number of aryl methyl sites for hydroxylation is 2. The highest BCUT2D eigenvalue weighted by Crippen LogP contribution is 2.21. The lowest BCUT2D eigenvalue weighted by molar-refractivity contribution is 0.767. The average molecular weight is 213 g/mol. The molecule has 0 atom stereocenters. The van der Waals surface area contributed by atoms with E-state index in [1.165, 1.54) is 24.2 Å². The number of unbranched alkanes of at least 4 members (excludes halogenated alkanes) is 1. The van der Waals surface area contributed by atoms with E-state index in [9.17, 15) is 0 Å². The molecule has 0 radical (unpaired) electrons. The van der Waals surface area contributed by atoms with Crippen LogP contribution in [0.2, 0.25) is 0 Å². The van der Waals surface area contributed by atoms with Gasteiger partial charge in [0.2, 0.25) is 0 Å². The van der Waals surface area contributed by atoms with Crippen molar-refractivity contribution in [1.82, 2.24) is 9.78 Å². The largest absolute Gasteiger partial charge is 0.384 e. The van der Waals surface area contributed by atoms with Crippen molar-refractivity contribution in [3.8, 4) is 0 Å². The predicted octanol–water partition coefficient (Wildman–Crippen LogP) is 2.34. The smallest absolute Gasteiger partial charge is 0.125 e. The van der Waals surface area contributed by atoms with E-state index in [-0.39, 0.29) is 0 Å². The summed E-state index contributed by atoms with van der Waals surface area (Å²) in [6.07, 6.45) is 2.54. The fourth-order valence-electron chi connectivity index (χ4n) is 1.32. The summed E-state index contributed by atoms with van der Waals surface area (Å²) in [5.41, 5.74) is 8.17. The molecule has 1 heterocycles. The molecule has 1 aromatic rings. The number of rotatable bonds is 5. The monoisotopic (exact) mass is 213 g/mol. The number of nitrogen functional groups attached to an aromatic ring is 1. The highest BCUT2D eigenvalue weighted by Gasteiger charge is 2.09. The van der Waals surface area contributed by atoms with E-state index in [1.54, 1.807) is 4.68 Å². The SMILES string of the molecule is CCCCSCc1c(C)nn(C)c1N. The van der Waals surface area contributed by atoms with Gasteiger partial charge in [0.15, 0.2) is 0 Å². The number of anilines is 1. The topological polar surface area (TPSA) is 43.8 Å². The van der Waals surface area contributed by atoms with Crippen molar-refractivity contribution in [2.24, 2.45) is 7.05 Å². The van der Waals surface area contributed by atoms with Gasteiger partial charge in [-0.05, 0) is 19.1 Å². The fourth-order valence-corrected chi connectivity index (χ4v) is 2.52. The van der Waals surface area contributed by atoms with Crippen LogP contribution in [0.15, 0.2) is 0 Å². The first-order chi connectivity index (χ1) is 6.66. The van der Waals surface area contributed by atoms with Crippen LogP contribution >= 0.6 is 11.8 Å². The molecule has 0 amide bonds. The number of nitrogens with zero attached hydrogens (tertiary/aromatic N) is 2. The zero-order chi connectivity index (χ0) is 10.6. The third kappa shape index (κ3) is 2.67. The molecule has 80 valence electrons. The molecule has 0 saturated heterocycles. The molecule has 0 aliphatic carbocycles. The Kier molecular flexibility index (Phi) is 4.32. The maximum absolute atomic E-state index is 5.91. The van der Waals surface area contributed by atoms with Gasteiger partial charge in [0.1, 0.15) is 5.82 Å². The van der Waals surface area contributed by atoms with Gasteiger partial charge >= 0.3 is 0 Å². The Hall–Kier alpha value is -0.640. The second kappa shape index (κ2) is 5.29. The molecule has 0 fully saturated rings. The third-order valence-electron chi connectivity index (χ3n) is 2.28. The molecule has 0 unspecified atom stereocenters. The van der Waals surface area contributed by atoms with Gasteiger partial charge in [-0.3, -0.25) is 4.68 Å². The predicted molar refractivity (Wildman–Crippen MR) is 63.4 cm³/mol. The molecule has 0 saturated carbocycles. The number of nitrogens with two attached hydrogens (primary N) is 1. The fraction of sp³-hybridized carbons (Fsp3) is 0.700. The minimum absolute atomic E-state index is 0.812. The van der Waals surface area contributed by atoms with Crippen molar-refractivity contribution in [2.75, 3.05) is 11.5 Å². The maximum atomic E-state index is 5.91. The number of hydrogen-bond donors (Lipinski definition) is 1. The van der Waals surface area contributed by atoms with Crippen LogP contribution in [0.5, 0.6) is 0 Å². The van der Waals surface area contributed by atoms with Crippen LogP contribution in [0.25, 0.3) is 0 Å². The Bertz CT molecular complexity index is 294. The van der Waals surface area contributed by atoms with Gasteiger partial charge in [0.25, 0.3) is 0 Å². The van der Waals surface area contributed by atoms with E-state index >= 15 is 0 Å². The molecule has 0 aromatic carbocycles. The summed E-state index contributed by atoms with van der Waals surface area (Å²) in [4.78, 5) is 0. The van der Waals surface area contributed by atoms with Crippen LogP contribution < -0.4 is 5.73 Å². The quantitative estimate of drug-likeness (QED) is 0.764. The highest BCUT2D eigenvalue weighted by molar-refractivity contribution is 7.98. The van der Waals surface area contributed by atoms with Gasteiger partial charge in [-0.15, -0.1) is 0 Å². The molecule has 1 rings (SSSR count). The van der Waals surface area contributed by atoms with E-state index in [0.717, 1.165) is 17.3 Å². The van der Waals surface area contributed by atoms with Crippen LogP contribution in [0.1, 0.15) is 31.0 Å². The van der Waals surface area contributed by atoms with Crippen molar-refractivity contribution in [3.63, 3.8) is 0 Å². The lowest BCUT2D eigenvalue weighted by atomic mass is 10.3. The summed E-state index contributed by atoms with van der Waals surface area (Å²) in [6.45, 7) is 4.23. The Morgan fingerprint density at radius 2 is 2.21 bits per heavy atom. The van der Waals surface area contributed by atoms with E-state index in [4.69, 9.17) is 5.73 Å². The second-order valence-electron chi connectivity index (χ2n) is 3.48. The molecule has 0 aliphatic heterocycles. The molecule has 1 aromatic heterocycles. The molecular weight excluding hydrogens is 194 g/mol. The summed E-state index contributed by atoms with van der Waals surface area (Å²) in [5.74, 6) is 3.02. The standard InChI is InChI=1S/C10H19N3S/c1-4-5-6-14-7-9-8(2)12-13(3)10(9)11/h4-7,11H2,1-3H3. The van der Waals surface area contributed by atoms with Gasteiger partial charge in [0.05, 0.1) is 5.69 Å². The number of hydrogen-bond acceptors (Lipinski definition) is 3. The Labute approximate surface area is 90.1 Å². The van der Waals surface area contributed by atoms with Crippen LogP contribution in [0, 0.1) is 6.92 Å².